The van der Waals surface area contributed by atoms with E-state index in [1.165, 1.54) is 30.5 Å². The van der Waals surface area contributed by atoms with Crippen LogP contribution in [0.5, 0.6) is 0 Å². The van der Waals surface area contributed by atoms with Crippen molar-refractivity contribution in [1.29, 1.82) is 0 Å². The summed E-state index contributed by atoms with van der Waals surface area (Å²) in [4.78, 5) is 7.80. The summed E-state index contributed by atoms with van der Waals surface area (Å²) in [5.41, 5.74) is 1.59. The molecule has 4 aromatic rings. The van der Waals surface area contributed by atoms with E-state index in [0.717, 1.165) is 0 Å². The first-order valence-electron chi connectivity index (χ1n) is 8.98. The van der Waals surface area contributed by atoms with Crippen LogP contribution in [-0.2, 0) is 25.8 Å². The molecule has 0 atom stereocenters. The van der Waals surface area contributed by atoms with E-state index in [2.05, 4.69) is 24.6 Å². The molecule has 0 aliphatic heterocycles. The lowest BCUT2D eigenvalue weighted by Gasteiger charge is -2.09. The Bertz CT molecular complexity index is 1450. The Kier molecular flexibility index (Phi) is 5.33. The molecule has 2 N–H and O–H groups in total. The number of fused-ring (bicyclic) bond motifs is 1. The second kappa shape index (κ2) is 7.96. The van der Waals surface area contributed by atoms with Crippen LogP contribution >= 0.6 is 0 Å². The molecule has 0 aliphatic rings. The highest BCUT2D eigenvalue weighted by atomic mass is 32.2. The number of benzene rings is 2. The lowest BCUT2D eigenvalue weighted by Crippen LogP contribution is -2.17. The number of nitrogens with one attached hydrogen (secondary N) is 2. The second-order valence-electron chi connectivity index (χ2n) is 6.64. The molecule has 2 aromatic heterocycles. The van der Waals surface area contributed by atoms with Crippen LogP contribution in [-0.4, -0.2) is 32.0 Å². The maximum atomic E-state index is 12.5. The topological polar surface area (TPSA) is 144 Å². The van der Waals surface area contributed by atoms with E-state index < -0.39 is 25.8 Å². The molecule has 0 bridgehead atoms. The number of rotatable bonds is 7. The summed E-state index contributed by atoms with van der Waals surface area (Å²) in [6.07, 6.45) is 1.44. The third kappa shape index (κ3) is 4.81. The van der Waals surface area contributed by atoms with Crippen LogP contribution < -0.4 is 9.44 Å². The molecule has 0 saturated carbocycles. The van der Waals surface area contributed by atoms with E-state index in [1.54, 1.807) is 37.3 Å². The van der Waals surface area contributed by atoms with Crippen molar-refractivity contribution < 1.29 is 21.4 Å². The fraction of sp³-hybridized carbons (Fsp3) is 0.105. The van der Waals surface area contributed by atoms with Crippen LogP contribution in [0.15, 0.2) is 70.2 Å². The van der Waals surface area contributed by atoms with Crippen LogP contribution in [0.4, 0.5) is 11.6 Å². The van der Waals surface area contributed by atoms with Gasteiger partial charge in [-0.05, 0) is 49.4 Å². The monoisotopic (exact) mass is 459 g/mol. The van der Waals surface area contributed by atoms with Crippen LogP contribution in [0, 0.1) is 6.92 Å². The quantitative estimate of drug-likeness (QED) is 0.429. The first-order chi connectivity index (χ1) is 14.7. The molecule has 4 rings (SSSR count). The molecule has 10 nitrogen and oxygen atoms in total. The van der Waals surface area contributed by atoms with Crippen molar-refractivity contribution in [1.82, 2.24) is 15.1 Å². The Labute approximate surface area is 178 Å². The molecular weight excluding hydrogens is 442 g/mol. The molecule has 0 saturated heterocycles. The van der Waals surface area contributed by atoms with Gasteiger partial charge in [-0.1, -0.05) is 17.3 Å². The van der Waals surface area contributed by atoms with Gasteiger partial charge in [0.15, 0.2) is 5.58 Å². The van der Waals surface area contributed by atoms with Gasteiger partial charge in [0.25, 0.3) is 10.0 Å². The van der Waals surface area contributed by atoms with Crippen molar-refractivity contribution >= 4 is 42.7 Å². The van der Waals surface area contributed by atoms with Crippen molar-refractivity contribution in [2.24, 2.45) is 0 Å². The minimum Gasteiger partial charge on any atom is -0.356 e. The SMILES string of the molecule is Cc1ccnc(NS(=O)(=O)c2ccc(NS(=O)(=O)Cc3noc4ccccc34)cc2)n1. The molecule has 0 radical (unpaired) electrons. The number of hydrogen-bond donors (Lipinski definition) is 2. The average molecular weight is 460 g/mol. The average Bonchev–Trinajstić information content (AvgIpc) is 3.10. The van der Waals surface area contributed by atoms with Gasteiger partial charge in [-0.3, -0.25) is 4.72 Å². The molecule has 0 spiro atoms. The Morgan fingerprint density at radius 1 is 0.935 bits per heavy atom. The smallest absolute Gasteiger partial charge is 0.264 e. The standard InChI is InChI=1S/C19H17N5O5S2/c1-13-10-11-20-19(21-13)24-31(27,28)15-8-6-14(7-9-15)23-30(25,26)12-17-16-4-2-3-5-18(16)29-22-17/h2-11,23H,12H2,1H3,(H,20,21,24). The molecule has 0 fully saturated rings. The van der Waals surface area contributed by atoms with Gasteiger partial charge < -0.3 is 4.52 Å². The first-order valence-corrected chi connectivity index (χ1v) is 12.1. The van der Waals surface area contributed by atoms with Gasteiger partial charge in [-0.15, -0.1) is 0 Å². The highest BCUT2D eigenvalue weighted by Gasteiger charge is 2.19. The van der Waals surface area contributed by atoms with E-state index in [0.29, 0.717) is 16.7 Å². The zero-order valence-electron chi connectivity index (χ0n) is 16.2. The van der Waals surface area contributed by atoms with Crippen molar-refractivity contribution in [3.8, 4) is 0 Å². The zero-order valence-corrected chi connectivity index (χ0v) is 17.8. The van der Waals surface area contributed by atoms with Crippen LogP contribution in [0.25, 0.3) is 11.0 Å². The van der Waals surface area contributed by atoms with Gasteiger partial charge >= 0.3 is 0 Å². The number of hydrogen-bond acceptors (Lipinski definition) is 8. The minimum atomic E-state index is -3.93. The van der Waals surface area contributed by atoms with Gasteiger partial charge in [-0.2, -0.15) is 0 Å². The second-order valence-corrected chi connectivity index (χ2v) is 10.0. The number of aromatic nitrogens is 3. The summed E-state index contributed by atoms with van der Waals surface area (Å²) < 4.78 is 59.9. The van der Waals surface area contributed by atoms with Gasteiger partial charge in [-0.25, -0.2) is 31.5 Å². The van der Waals surface area contributed by atoms with E-state index in [4.69, 9.17) is 4.52 Å². The summed E-state index contributed by atoms with van der Waals surface area (Å²) in [6.45, 7) is 1.71. The lowest BCUT2D eigenvalue weighted by molar-refractivity contribution is 0.448. The molecule has 31 heavy (non-hydrogen) atoms. The van der Waals surface area contributed by atoms with Crippen LogP contribution in [0.2, 0.25) is 0 Å². The maximum Gasteiger partial charge on any atom is 0.264 e. The zero-order chi connectivity index (χ0) is 22.1. The Balaban J connectivity index is 1.48. The molecule has 0 aliphatic carbocycles. The first kappa shape index (κ1) is 20.8. The van der Waals surface area contributed by atoms with Crippen LogP contribution in [0.1, 0.15) is 11.4 Å². The van der Waals surface area contributed by atoms with E-state index in [9.17, 15) is 16.8 Å². The van der Waals surface area contributed by atoms with E-state index in [-0.39, 0.29) is 22.2 Å². The maximum absolute atomic E-state index is 12.5. The summed E-state index contributed by atoms with van der Waals surface area (Å²) in [6, 6.07) is 13.8. The van der Waals surface area contributed by atoms with Gasteiger partial charge in [0.05, 0.1) is 4.90 Å². The predicted octanol–water partition coefficient (Wildman–Crippen LogP) is 2.67. The fourth-order valence-corrected chi connectivity index (χ4v) is 4.90. The highest BCUT2D eigenvalue weighted by molar-refractivity contribution is 7.92. The third-order valence-electron chi connectivity index (χ3n) is 4.24. The van der Waals surface area contributed by atoms with Crippen molar-refractivity contribution in [2.45, 2.75) is 17.6 Å². The molecule has 2 aromatic carbocycles. The Morgan fingerprint density at radius 3 is 2.42 bits per heavy atom. The summed E-state index contributed by atoms with van der Waals surface area (Å²) in [5.74, 6) is -0.444. The largest absolute Gasteiger partial charge is 0.356 e. The lowest BCUT2D eigenvalue weighted by atomic mass is 10.2. The molecule has 12 heteroatoms. The van der Waals surface area contributed by atoms with Crippen molar-refractivity contribution in [3.05, 3.63) is 72.2 Å². The van der Waals surface area contributed by atoms with Gasteiger partial charge in [0, 0.05) is 23.0 Å². The van der Waals surface area contributed by atoms with Crippen molar-refractivity contribution in [3.63, 3.8) is 0 Å². The van der Waals surface area contributed by atoms with Gasteiger partial charge in [0.2, 0.25) is 16.0 Å². The number of para-hydroxylation sites is 1. The third-order valence-corrected chi connectivity index (χ3v) is 6.78. The molecular formula is C19H17N5O5S2. The van der Waals surface area contributed by atoms with Crippen molar-refractivity contribution in [2.75, 3.05) is 9.44 Å². The Morgan fingerprint density at radius 2 is 1.68 bits per heavy atom. The molecule has 2 heterocycles. The van der Waals surface area contributed by atoms with Crippen LogP contribution in [0.3, 0.4) is 0 Å². The van der Waals surface area contributed by atoms with E-state index >= 15 is 0 Å². The summed E-state index contributed by atoms with van der Waals surface area (Å²) in [7, 11) is -7.74. The normalized spacial score (nSPS) is 12.0. The number of sulfonamides is 2. The number of anilines is 2. The summed E-state index contributed by atoms with van der Waals surface area (Å²) >= 11 is 0. The highest BCUT2D eigenvalue weighted by Crippen LogP contribution is 2.22. The number of nitrogens with zero attached hydrogens (tertiary/aromatic N) is 3. The Hall–Kier alpha value is -3.51. The minimum absolute atomic E-state index is 0.0513. The fourth-order valence-electron chi connectivity index (χ4n) is 2.82. The molecule has 0 unspecified atom stereocenters. The predicted molar refractivity (Wildman–Crippen MR) is 114 cm³/mol. The van der Waals surface area contributed by atoms with Gasteiger partial charge in [0.1, 0.15) is 11.4 Å². The molecule has 0 amide bonds. The molecule has 160 valence electrons. The van der Waals surface area contributed by atoms with E-state index in [1.807, 2.05) is 0 Å². The number of aryl methyl sites for hydroxylation is 1. The summed E-state index contributed by atoms with van der Waals surface area (Å²) in [5, 5.41) is 4.43.